The first-order chi connectivity index (χ1) is 12.5. The highest BCUT2D eigenvalue weighted by Crippen LogP contribution is 2.34. The molecule has 1 aromatic carbocycles. The number of alkyl halides is 3. The molecule has 2 rings (SSSR count). The molecule has 2 unspecified atom stereocenters. The van der Waals surface area contributed by atoms with E-state index in [0.717, 1.165) is 5.56 Å². The first kappa shape index (κ1) is 20.5. The Morgan fingerprint density at radius 1 is 1.41 bits per heavy atom. The van der Waals surface area contributed by atoms with Gasteiger partial charge in [-0.25, -0.2) is 4.79 Å². The molecule has 10 heteroatoms. The lowest BCUT2D eigenvalue weighted by molar-refractivity contribution is -0.160. The molecular weight excluding hydrogens is 369 g/mol. The van der Waals surface area contributed by atoms with E-state index in [2.05, 4.69) is 0 Å². The summed E-state index contributed by atoms with van der Waals surface area (Å²) < 4.78 is 42.6. The summed E-state index contributed by atoms with van der Waals surface area (Å²) in [6, 6.07) is 3.03. The number of anilines is 1. The molecule has 1 aliphatic heterocycles. The Kier molecular flexibility index (Phi) is 5.97. The predicted molar refractivity (Wildman–Crippen MR) is 88.4 cm³/mol. The summed E-state index contributed by atoms with van der Waals surface area (Å²) in [5, 5.41) is 10.8. The summed E-state index contributed by atoms with van der Waals surface area (Å²) in [5.74, 6) is -3.65. The number of hydrogen-bond acceptors (Lipinski definition) is 4. The van der Waals surface area contributed by atoms with Gasteiger partial charge in [0.15, 0.2) is 0 Å². The van der Waals surface area contributed by atoms with Crippen LogP contribution in [0.25, 0.3) is 0 Å². The quantitative estimate of drug-likeness (QED) is 0.776. The van der Waals surface area contributed by atoms with Crippen LogP contribution in [0.5, 0.6) is 5.75 Å². The van der Waals surface area contributed by atoms with Crippen LogP contribution in [0, 0.1) is 12.8 Å². The van der Waals surface area contributed by atoms with Gasteiger partial charge in [0.25, 0.3) is 0 Å². The van der Waals surface area contributed by atoms with Crippen molar-refractivity contribution in [3.63, 3.8) is 0 Å². The number of amides is 2. The van der Waals surface area contributed by atoms with Crippen LogP contribution in [-0.4, -0.2) is 48.8 Å². The van der Waals surface area contributed by atoms with Crippen molar-refractivity contribution in [1.82, 2.24) is 5.32 Å². The number of nitrogens with one attached hydrogen (secondary N) is 1. The lowest BCUT2D eigenvalue weighted by Crippen LogP contribution is -2.46. The number of carbonyl (C=O) groups is 3. The Balaban J connectivity index is 2.13. The van der Waals surface area contributed by atoms with Crippen molar-refractivity contribution in [2.24, 2.45) is 5.92 Å². The number of rotatable bonds is 6. The minimum atomic E-state index is -4.75. The summed E-state index contributed by atoms with van der Waals surface area (Å²) in [5.41, 5.74) is 1.30. The van der Waals surface area contributed by atoms with E-state index in [4.69, 9.17) is 9.84 Å². The fourth-order valence-corrected chi connectivity index (χ4v) is 2.85. The molecule has 1 aliphatic rings. The van der Waals surface area contributed by atoms with Crippen molar-refractivity contribution < 1.29 is 37.4 Å². The summed E-state index contributed by atoms with van der Waals surface area (Å²) in [6.45, 7) is 1.73. The average molecular weight is 388 g/mol. The number of benzene rings is 1. The van der Waals surface area contributed by atoms with E-state index in [-0.39, 0.29) is 13.0 Å². The molecule has 1 aromatic rings. The Morgan fingerprint density at radius 3 is 2.63 bits per heavy atom. The van der Waals surface area contributed by atoms with Crippen LogP contribution in [0.15, 0.2) is 18.2 Å². The van der Waals surface area contributed by atoms with Crippen molar-refractivity contribution in [1.29, 1.82) is 0 Å². The minimum absolute atomic E-state index is 0.0805. The normalized spacial score (nSPS) is 18.3. The van der Waals surface area contributed by atoms with Crippen molar-refractivity contribution >= 4 is 23.5 Å². The van der Waals surface area contributed by atoms with Crippen molar-refractivity contribution in [2.45, 2.75) is 32.0 Å². The van der Waals surface area contributed by atoms with E-state index in [9.17, 15) is 27.6 Å². The van der Waals surface area contributed by atoms with E-state index in [1.807, 2.05) is 12.2 Å². The minimum Gasteiger partial charge on any atom is -0.495 e. The largest absolute Gasteiger partial charge is 0.495 e. The van der Waals surface area contributed by atoms with Gasteiger partial charge in [-0.1, -0.05) is 6.07 Å². The molecule has 0 radical (unpaired) electrons. The zero-order valence-electron chi connectivity index (χ0n) is 14.7. The van der Waals surface area contributed by atoms with Crippen molar-refractivity contribution in [2.75, 3.05) is 18.6 Å². The first-order valence-electron chi connectivity index (χ1n) is 8.06. The molecule has 27 heavy (non-hydrogen) atoms. The number of carbonyl (C=O) groups excluding carboxylic acids is 2. The summed E-state index contributed by atoms with van der Waals surface area (Å²) in [4.78, 5) is 36.9. The molecule has 2 N–H and O–H groups in total. The Bertz CT molecular complexity index is 751. The van der Waals surface area contributed by atoms with Gasteiger partial charge in [0, 0.05) is 13.0 Å². The van der Waals surface area contributed by atoms with Gasteiger partial charge in [0.1, 0.15) is 11.8 Å². The third-order valence-corrected chi connectivity index (χ3v) is 4.17. The highest BCUT2D eigenvalue weighted by molar-refractivity contribution is 6.01. The summed E-state index contributed by atoms with van der Waals surface area (Å²) in [7, 11) is 1.42. The molecule has 0 aromatic heterocycles. The number of aliphatic carboxylic acids is 1. The second kappa shape index (κ2) is 7.85. The number of methoxy groups -OCH3 is 1. The molecule has 7 nitrogen and oxygen atoms in total. The van der Waals surface area contributed by atoms with Crippen molar-refractivity contribution in [3.05, 3.63) is 23.8 Å². The zero-order chi connectivity index (χ0) is 20.4. The third-order valence-electron chi connectivity index (χ3n) is 4.17. The molecule has 0 spiro atoms. The smallest absolute Gasteiger partial charge is 0.391 e. The zero-order valence-corrected chi connectivity index (χ0v) is 14.7. The molecule has 2 amide bonds. The predicted octanol–water partition coefficient (Wildman–Crippen LogP) is 1.88. The van der Waals surface area contributed by atoms with Crippen LogP contribution in [0.4, 0.5) is 18.9 Å². The molecule has 2 atom stereocenters. The molecule has 0 aliphatic carbocycles. The average Bonchev–Trinajstić information content (AvgIpc) is 2.94. The van der Waals surface area contributed by atoms with E-state index in [1.165, 1.54) is 12.0 Å². The van der Waals surface area contributed by atoms with Crippen LogP contribution < -0.4 is 15.0 Å². The number of ether oxygens (including phenoxy) is 1. The van der Waals surface area contributed by atoms with Crippen molar-refractivity contribution in [3.8, 4) is 5.75 Å². The highest BCUT2D eigenvalue weighted by Gasteiger charge is 2.40. The molecule has 0 saturated carbocycles. The van der Waals surface area contributed by atoms with E-state index in [1.54, 1.807) is 18.2 Å². The number of aryl methyl sites for hydroxylation is 1. The number of hydrogen-bond donors (Lipinski definition) is 2. The van der Waals surface area contributed by atoms with Gasteiger partial charge in [-0.3, -0.25) is 9.59 Å². The monoisotopic (exact) mass is 388 g/mol. The molecule has 0 bridgehead atoms. The van der Waals surface area contributed by atoms with Gasteiger partial charge in [-0.2, -0.15) is 13.2 Å². The highest BCUT2D eigenvalue weighted by atomic mass is 19.4. The van der Waals surface area contributed by atoms with Crippen LogP contribution in [0.1, 0.15) is 18.4 Å². The number of nitrogens with zero attached hydrogens (tertiary/aromatic N) is 1. The summed E-state index contributed by atoms with van der Waals surface area (Å²) >= 11 is 0. The lowest BCUT2D eigenvalue weighted by Gasteiger charge is -2.21. The molecular formula is C17H19F3N2O5. The SMILES string of the molecule is COc1ccc(C)cc1N1CC(C(=O)NC(CC(F)(F)F)C(=O)O)CC1=O. The second-order valence-electron chi connectivity index (χ2n) is 6.30. The fraction of sp³-hybridized carbons (Fsp3) is 0.471. The maximum atomic E-state index is 12.5. The molecule has 1 heterocycles. The van der Waals surface area contributed by atoms with E-state index in [0.29, 0.717) is 11.4 Å². The second-order valence-corrected chi connectivity index (χ2v) is 6.30. The van der Waals surface area contributed by atoms with E-state index >= 15 is 0 Å². The van der Waals surface area contributed by atoms with Gasteiger partial charge < -0.3 is 20.1 Å². The third kappa shape index (κ3) is 5.11. The van der Waals surface area contributed by atoms with Gasteiger partial charge in [-0.15, -0.1) is 0 Å². The number of carboxylic acids is 1. The first-order valence-corrected chi connectivity index (χ1v) is 8.06. The lowest BCUT2D eigenvalue weighted by atomic mass is 10.1. The van der Waals surface area contributed by atoms with Crippen LogP contribution in [-0.2, 0) is 14.4 Å². The summed E-state index contributed by atoms with van der Waals surface area (Å²) in [6.07, 6.45) is -6.67. The fourth-order valence-electron chi connectivity index (χ4n) is 2.85. The van der Waals surface area contributed by atoms with Crippen LogP contribution in [0.2, 0.25) is 0 Å². The maximum Gasteiger partial charge on any atom is 0.391 e. The van der Waals surface area contributed by atoms with Crippen LogP contribution in [0.3, 0.4) is 0 Å². The topological polar surface area (TPSA) is 95.9 Å². The maximum absolute atomic E-state index is 12.5. The number of carboxylic acid groups (broad SMARTS) is 1. The Labute approximate surface area is 153 Å². The van der Waals surface area contributed by atoms with Gasteiger partial charge in [0.05, 0.1) is 25.1 Å². The number of halogens is 3. The van der Waals surface area contributed by atoms with E-state index < -0.39 is 42.3 Å². The molecule has 1 saturated heterocycles. The Morgan fingerprint density at radius 2 is 2.07 bits per heavy atom. The molecule has 1 fully saturated rings. The van der Waals surface area contributed by atoms with Crippen LogP contribution >= 0.6 is 0 Å². The van der Waals surface area contributed by atoms with Gasteiger partial charge in [0.2, 0.25) is 11.8 Å². The molecule has 148 valence electrons. The van der Waals surface area contributed by atoms with Gasteiger partial charge >= 0.3 is 12.1 Å². The standard InChI is InChI=1S/C17H19F3N2O5/c1-9-3-4-13(27-2)12(5-9)22-8-10(6-14(22)23)15(24)21-11(16(25)26)7-17(18,19)20/h3-5,10-11H,6-8H2,1-2H3,(H,21,24)(H,25,26). The Hall–Kier alpha value is -2.78. The van der Waals surface area contributed by atoms with Gasteiger partial charge in [-0.05, 0) is 24.6 Å².